The number of nitrogens with one attached hydrogen (secondary N) is 1. The van der Waals surface area contributed by atoms with Gasteiger partial charge in [-0.2, -0.15) is 5.10 Å². The fourth-order valence-electron chi connectivity index (χ4n) is 1.40. The van der Waals surface area contributed by atoms with Gasteiger partial charge in [0.2, 0.25) is 0 Å². The Morgan fingerprint density at radius 2 is 2.31 bits per heavy atom. The lowest BCUT2D eigenvalue weighted by Gasteiger charge is -2.00. The number of hydrogen-bond donors (Lipinski definition) is 1. The maximum Gasteiger partial charge on any atom is 0.0657 e. The van der Waals surface area contributed by atoms with Crippen molar-refractivity contribution in [3.63, 3.8) is 0 Å². The SMILES string of the molecule is CN=C(C)c1cccc2[nH]ncc12. The summed E-state index contributed by atoms with van der Waals surface area (Å²) in [5, 5.41) is 8.06. The summed E-state index contributed by atoms with van der Waals surface area (Å²) in [6, 6.07) is 6.07. The normalized spacial score (nSPS) is 12.3. The van der Waals surface area contributed by atoms with E-state index in [-0.39, 0.29) is 0 Å². The number of H-pyrrole nitrogens is 1. The zero-order valence-corrected chi connectivity index (χ0v) is 7.70. The van der Waals surface area contributed by atoms with Gasteiger partial charge in [-0.1, -0.05) is 12.1 Å². The molecule has 0 unspecified atom stereocenters. The van der Waals surface area contributed by atoms with Crippen molar-refractivity contribution in [3.8, 4) is 0 Å². The highest BCUT2D eigenvalue weighted by atomic mass is 15.1. The van der Waals surface area contributed by atoms with Crippen molar-refractivity contribution in [2.24, 2.45) is 4.99 Å². The molecule has 13 heavy (non-hydrogen) atoms. The molecule has 66 valence electrons. The van der Waals surface area contributed by atoms with E-state index in [2.05, 4.69) is 21.3 Å². The Bertz CT molecular complexity index is 454. The van der Waals surface area contributed by atoms with E-state index in [4.69, 9.17) is 0 Å². The Labute approximate surface area is 76.5 Å². The highest BCUT2D eigenvalue weighted by molar-refractivity contribution is 6.08. The Hall–Kier alpha value is -1.64. The van der Waals surface area contributed by atoms with Gasteiger partial charge in [-0.05, 0) is 13.0 Å². The van der Waals surface area contributed by atoms with E-state index < -0.39 is 0 Å². The van der Waals surface area contributed by atoms with E-state index in [0.717, 1.165) is 22.2 Å². The molecule has 0 amide bonds. The molecule has 1 aromatic heterocycles. The summed E-state index contributed by atoms with van der Waals surface area (Å²) in [6.07, 6.45) is 1.83. The molecule has 1 N–H and O–H groups in total. The van der Waals surface area contributed by atoms with Crippen LogP contribution in [0.2, 0.25) is 0 Å². The fraction of sp³-hybridized carbons (Fsp3) is 0.200. The molecule has 0 bridgehead atoms. The summed E-state index contributed by atoms with van der Waals surface area (Å²) < 4.78 is 0. The predicted octanol–water partition coefficient (Wildman–Crippen LogP) is 2.00. The molecule has 0 aliphatic rings. The van der Waals surface area contributed by atoms with Crippen LogP contribution in [-0.4, -0.2) is 23.0 Å². The number of hydrogen-bond acceptors (Lipinski definition) is 2. The van der Waals surface area contributed by atoms with Crippen LogP contribution in [0.5, 0.6) is 0 Å². The van der Waals surface area contributed by atoms with Gasteiger partial charge in [0.1, 0.15) is 0 Å². The molecule has 1 aromatic carbocycles. The van der Waals surface area contributed by atoms with Crippen LogP contribution in [0.4, 0.5) is 0 Å². The first-order chi connectivity index (χ1) is 6.33. The molecule has 0 saturated carbocycles. The third-order valence-electron chi connectivity index (χ3n) is 2.21. The smallest absolute Gasteiger partial charge is 0.0657 e. The van der Waals surface area contributed by atoms with Crippen molar-refractivity contribution >= 4 is 16.6 Å². The Balaban J connectivity index is 2.75. The van der Waals surface area contributed by atoms with E-state index in [9.17, 15) is 0 Å². The average molecular weight is 173 g/mol. The van der Waals surface area contributed by atoms with Crippen molar-refractivity contribution in [1.82, 2.24) is 10.2 Å². The second-order valence-corrected chi connectivity index (χ2v) is 2.95. The van der Waals surface area contributed by atoms with Gasteiger partial charge in [-0.25, -0.2) is 0 Å². The topological polar surface area (TPSA) is 41.0 Å². The number of aromatic nitrogens is 2. The van der Waals surface area contributed by atoms with Crippen molar-refractivity contribution in [3.05, 3.63) is 30.0 Å². The zero-order valence-electron chi connectivity index (χ0n) is 7.70. The van der Waals surface area contributed by atoms with E-state index >= 15 is 0 Å². The molecule has 0 saturated heterocycles. The van der Waals surface area contributed by atoms with E-state index in [1.54, 1.807) is 7.05 Å². The monoisotopic (exact) mass is 173 g/mol. The predicted molar refractivity (Wildman–Crippen MR) is 54.2 cm³/mol. The molecule has 0 aliphatic carbocycles. The average Bonchev–Trinajstić information content (AvgIpc) is 2.63. The van der Waals surface area contributed by atoms with Gasteiger partial charge in [0.05, 0.1) is 11.7 Å². The fourth-order valence-corrected chi connectivity index (χ4v) is 1.40. The first-order valence-corrected chi connectivity index (χ1v) is 4.19. The molecule has 3 heteroatoms. The summed E-state index contributed by atoms with van der Waals surface area (Å²) in [5.41, 5.74) is 3.24. The van der Waals surface area contributed by atoms with Crippen LogP contribution >= 0.6 is 0 Å². The van der Waals surface area contributed by atoms with Crippen molar-refractivity contribution < 1.29 is 0 Å². The van der Waals surface area contributed by atoms with Gasteiger partial charge in [0.25, 0.3) is 0 Å². The number of fused-ring (bicyclic) bond motifs is 1. The first-order valence-electron chi connectivity index (χ1n) is 4.19. The molecule has 0 atom stereocenters. The minimum atomic E-state index is 1.03. The lowest BCUT2D eigenvalue weighted by atomic mass is 10.1. The van der Waals surface area contributed by atoms with Crippen LogP contribution in [0.1, 0.15) is 12.5 Å². The number of nitrogens with zero attached hydrogens (tertiary/aromatic N) is 2. The summed E-state index contributed by atoms with van der Waals surface area (Å²) in [5.74, 6) is 0. The van der Waals surface area contributed by atoms with E-state index in [1.165, 1.54) is 0 Å². The maximum atomic E-state index is 4.16. The summed E-state index contributed by atoms with van der Waals surface area (Å²) in [6.45, 7) is 2.00. The van der Waals surface area contributed by atoms with Crippen molar-refractivity contribution in [2.75, 3.05) is 7.05 Å². The molecular formula is C10H11N3. The van der Waals surface area contributed by atoms with E-state index in [1.807, 2.05) is 25.3 Å². The molecule has 0 spiro atoms. The number of benzene rings is 1. The minimum Gasteiger partial charge on any atom is -0.293 e. The molecular weight excluding hydrogens is 162 g/mol. The number of aromatic amines is 1. The Morgan fingerprint density at radius 3 is 3.08 bits per heavy atom. The number of rotatable bonds is 1. The van der Waals surface area contributed by atoms with Gasteiger partial charge in [-0.3, -0.25) is 10.1 Å². The molecule has 0 aliphatic heterocycles. The highest BCUT2D eigenvalue weighted by Crippen LogP contribution is 2.16. The third kappa shape index (κ3) is 1.22. The van der Waals surface area contributed by atoms with Crippen LogP contribution < -0.4 is 0 Å². The van der Waals surface area contributed by atoms with Gasteiger partial charge >= 0.3 is 0 Å². The molecule has 0 radical (unpaired) electrons. The molecule has 3 nitrogen and oxygen atoms in total. The highest BCUT2D eigenvalue weighted by Gasteiger charge is 2.03. The molecule has 2 aromatic rings. The van der Waals surface area contributed by atoms with Crippen LogP contribution in [0.25, 0.3) is 10.9 Å². The standard InChI is InChI=1S/C10H11N3/c1-7(11-2)8-4-3-5-10-9(8)6-12-13-10/h3-6H,1-2H3,(H,12,13). The summed E-state index contributed by atoms with van der Waals surface area (Å²) in [7, 11) is 1.80. The van der Waals surface area contributed by atoms with Crippen LogP contribution in [0, 0.1) is 0 Å². The lowest BCUT2D eigenvalue weighted by molar-refractivity contribution is 1.12. The molecule has 1 heterocycles. The largest absolute Gasteiger partial charge is 0.293 e. The van der Waals surface area contributed by atoms with Gasteiger partial charge in [-0.15, -0.1) is 0 Å². The van der Waals surface area contributed by atoms with Gasteiger partial charge in [0, 0.05) is 23.7 Å². The van der Waals surface area contributed by atoms with Crippen molar-refractivity contribution in [2.45, 2.75) is 6.92 Å². The van der Waals surface area contributed by atoms with E-state index in [0.29, 0.717) is 0 Å². The van der Waals surface area contributed by atoms with Gasteiger partial charge < -0.3 is 0 Å². The van der Waals surface area contributed by atoms with Crippen LogP contribution in [0.15, 0.2) is 29.4 Å². The van der Waals surface area contributed by atoms with Gasteiger partial charge in [0.15, 0.2) is 0 Å². The van der Waals surface area contributed by atoms with Crippen LogP contribution in [0.3, 0.4) is 0 Å². The molecule has 0 fully saturated rings. The second kappa shape index (κ2) is 3.01. The number of aliphatic imine (C=N–C) groups is 1. The van der Waals surface area contributed by atoms with Crippen molar-refractivity contribution in [1.29, 1.82) is 0 Å². The molecule has 2 rings (SSSR count). The third-order valence-corrected chi connectivity index (χ3v) is 2.21. The summed E-state index contributed by atoms with van der Waals surface area (Å²) in [4.78, 5) is 4.16. The quantitative estimate of drug-likeness (QED) is 0.658. The maximum absolute atomic E-state index is 4.16. The Kier molecular flexibility index (Phi) is 1.85. The second-order valence-electron chi connectivity index (χ2n) is 2.95. The van der Waals surface area contributed by atoms with Crippen LogP contribution in [-0.2, 0) is 0 Å². The summed E-state index contributed by atoms with van der Waals surface area (Å²) >= 11 is 0. The zero-order chi connectivity index (χ0) is 9.26. The first kappa shape index (κ1) is 7.98. The minimum absolute atomic E-state index is 1.03. The lowest BCUT2D eigenvalue weighted by Crippen LogP contribution is -1.93. The Morgan fingerprint density at radius 1 is 1.46 bits per heavy atom.